The number of carbonyl (C=O) groups is 2. The van der Waals surface area contributed by atoms with E-state index in [1.54, 1.807) is 17.2 Å². The van der Waals surface area contributed by atoms with Crippen LogP contribution in [0.5, 0.6) is 0 Å². The number of aliphatic hydroxyl groups is 1. The van der Waals surface area contributed by atoms with Gasteiger partial charge in [-0.3, -0.25) is 9.59 Å². The van der Waals surface area contributed by atoms with Gasteiger partial charge < -0.3 is 20.1 Å². The maximum absolute atomic E-state index is 12.0. The number of amides is 2. The number of nitrogens with one attached hydrogen (secondary N) is 1. The highest BCUT2D eigenvalue weighted by Gasteiger charge is 2.30. The Morgan fingerprint density at radius 1 is 1.54 bits per heavy atom. The average Bonchev–Trinajstić information content (AvgIpc) is 2.55. The Morgan fingerprint density at radius 2 is 2.33 bits per heavy atom. The van der Waals surface area contributed by atoms with Crippen molar-refractivity contribution < 1.29 is 19.4 Å². The maximum atomic E-state index is 12.0. The van der Waals surface area contributed by atoms with E-state index in [1.807, 2.05) is 6.92 Å². The van der Waals surface area contributed by atoms with Gasteiger partial charge in [-0.2, -0.15) is 0 Å². The highest BCUT2D eigenvalue weighted by Crippen LogP contribution is 2.14. The van der Waals surface area contributed by atoms with E-state index in [9.17, 15) is 14.7 Å². The molecule has 0 aliphatic carbocycles. The molecule has 132 valence electrons. The third-order valence-corrected chi connectivity index (χ3v) is 4.52. The van der Waals surface area contributed by atoms with Crippen molar-refractivity contribution in [3.63, 3.8) is 0 Å². The Bertz CT molecular complexity index is 586. The molecule has 0 radical (unpaired) electrons. The van der Waals surface area contributed by atoms with Crippen molar-refractivity contribution in [1.29, 1.82) is 0 Å². The number of methoxy groups -OCH3 is 1. The molecule has 9 heteroatoms. The van der Waals surface area contributed by atoms with Gasteiger partial charge in [0, 0.05) is 32.1 Å². The first kappa shape index (κ1) is 18.6. The number of thioether (sulfide) groups is 1. The lowest BCUT2D eigenvalue weighted by molar-refractivity contribution is -0.139. The predicted octanol–water partition coefficient (Wildman–Crippen LogP) is -0.398. The highest BCUT2D eigenvalue weighted by atomic mass is 32.2. The molecule has 0 unspecified atom stereocenters. The van der Waals surface area contributed by atoms with Crippen LogP contribution in [0.15, 0.2) is 17.4 Å². The van der Waals surface area contributed by atoms with Crippen LogP contribution in [0.4, 0.5) is 0 Å². The fraction of sp³-hybridized carbons (Fsp3) is 0.600. The molecule has 8 nitrogen and oxygen atoms in total. The highest BCUT2D eigenvalue weighted by molar-refractivity contribution is 7.99. The molecular formula is C15H22N4O4S. The zero-order chi connectivity index (χ0) is 17.5. The summed E-state index contributed by atoms with van der Waals surface area (Å²) in [5.41, 5.74) is 0.844. The van der Waals surface area contributed by atoms with E-state index in [0.717, 1.165) is 5.69 Å². The second-order valence-electron chi connectivity index (χ2n) is 5.57. The van der Waals surface area contributed by atoms with E-state index in [0.29, 0.717) is 18.1 Å². The second kappa shape index (κ2) is 8.95. The Kier molecular flexibility index (Phi) is 6.95. The number of aliphatic hydroxyl groups excluding tert-OH is 1. The van der Waals surface area contributed by atoms with Crippen molar-refractivity contribution in [2.75, 3.05) is 32.6 Å². The van der Waals surface area contributed by atoms with Crippen LogP contribution in [0.25, 0.3) is 0 Å². The maximum Gasteiger partial charge on any atom is 0.248 e. The second-order valence-corrected chi connectivity index (χ2v) is 6.51. The molecule has 0 bridgehead atoms. The molecule has 0 saturated carbocycles. The average molecular weight is 354 g/mol. The topological polar surface area (TPSA) is 105 Å². The molecule has 1 aromatic rings. The molecule has 24 heavy (non-hydrogen) atoms. The van der Waals surface area contributed by atoms with E-state index >= 15 is 0 Å². The van der Waals surface area contributed by atoms with Gasteiger partial charge in [-0.25, -0.2) is 9.97 Å². The summed E-state index contributed by atoms with van der Waals surface area (Å²) >= 11 is 1.25. The number of hydrogen-bond donors (Lipinski definition) is 2. The van der Waals surface area contributed by atoms with Gasteiger partial charge in [-0.05, 0) is 19.4 Å². The van der Waals surface area contributed by atoms with E-state index in [-0.39, 0.29) is 36.8 Å². The van der Waals surface area contributed by atoms with Crippen LogP contribution in [0.1, 0.15) is 12.1 Å². The number of piperidine rings is 1. The van der Waals surface area contributed by atoms with Gasteiger partial charge in [0.2, 0.25) is 11.8 Å². The van der Waals surface area contributed by atoms with Crippen LogP contribution < -0.4 is 5.32 Å². The molecule has 1 aliphatic heterocycles. The zero-order valence-electron chi connectivity index (χ0n) is 13.8. The minimum atomic E-state index is -0.788. The summed E-state index contributed by atoms with van der Waals surface area (Å²) in [6.45, 7) is 2.54. The molecule has 2 rings (SSSR count). The van der Waals surface area contributed by atoms with Crippen molar-refractivity contribution in [3.05, 3.63) is 18.0 Å². The summed E-state index contributed by atoms with van der Waals surface area (Å²) in [5, 5.41) is 13.5. The van der Waals surface area contributed by atoms with Gasteiger partial charge >= 0.3 is 0 Å². The Labute approximate surface area is 145 Å². The third kappa shape index (κ3) is 5.43. The lowest BCUT2D eigenvalue weighted by atomic mass is 10.0. The Hall–Kier alpha value is -1.71. The number of carbonyl (C=O) groups excluding carboxylic acids is 2. The van der Waals surface area contributed by atoms with Crippen LogP contribution in [0.2, 0.25) is 0 Å². The predicted molar refractivity (Wildman–Crippen MR) is 88.5 cm³/mol. The van der Waals surface area contributed by atoms with Gasteiger partial charge in [0.15, 0.2) is 5.16 Å². The van der Waals surface area contributed by atoms with Crippen LogP contribution in [-0.2, 0) is 14.3 Å². The number of ether oxygens (including phenoxy) is 1. The van der Waals surface area contributed by atoms with Crippen LogP contribution in [0, 0.1) is 6.92 Å². The summed E-state index contributed by atoms with van der Waals surface area (Å²) in [7, 11) is 1.46. The molecule has 1 aliphatic rings. The fourth-order valence-electron chi connectivity index (χ4n) is 2.42. The Balaban J connectivity index is 1.77. The first-order valence-corrected chi connectivity index (χ1v) is 8.64. The number of rotatable bonds is 6. The molecule has 2 atom stereocenters. The standard InChI is InChI=1S/C15H22N4O4S/c1-10-3-5-16-15(17-10)24-9-13(21)18-11-4-6-19(7-12(11)20)14(22)8-23-2/h3,5,11-12,20H,4,6-9H2,1-2H3,(H,18,21)/t11-,12-/m1/s1. The number of likely N-dealkylation sites (tertiary alicyclic amines) is 1. The normalized spacial score (nSPS) is 20.7. The summed E-state index contributed by atoms with van der Waals surface area (Å²) < 4.78 is 4.81. The lowest BCUT2D eigenvalue weighted by Gasteiger charge is -2.36. The molecule has 2 heterocycles. The molecule has 0 spiro atoms. The van der Waals surface area contributed by atoms with E-state index in [1.165, 1.54) is 18.9 Å². The van der Waals surface area contributed by atoms with Crippen LogP contribution >= 0.6 is 11.8 Å². The quantitative estimate of drug-likeness (QED) is 0.529. The minimum absolute atomic E-state index is 0.00310. The zero-order valence-corrected chi connectivity index (χ0v) is 14.6. The largest absolute Gasteiger partial charge is 0.389 e. The van der Waals surface area contributed by atoms with E-state index in [2.05, 4.69) is 15.3 Å². The fourth-order valence-corrected chi connectivity index (χ4v) is 3.10. The van der Waals surface area contributed by atoms with Crippen molar-refractivity contribution >= 4 is 23.6 Å². The number of β-amino-alcohol motifs (C(OH)–C–C–N with tert-alkyl or cyclic N) is 1. The molecule has 1 saturated heterocycles. The number of aryl methyl sites for hydroxylation is 1. The van der Waals surface area contributed by atoms with Gasteiger partial charge in [0.25, 0.3) is 0 Å². The third-order valence-electron chi connectivity index (χ3n) is 3.65. The molecule has 1 aromatic heterocycles. The summed E-state index contributed by atoms with van der Waals surface area (Å²) in [6.07, 6.45) is 1.37. The van der Waals surface area contributed by atoms with E-state index in [4.69, 9.17) is 4.74 Å². The first-order chi connectivity index (χ1) is 11.5. The van der Waals surface area contributed by atoms with Gasteiger partial charge in [-0.15, -0.1) is 0 Å². The van der Waals surface area contributed by atoms with Gasteiger partial charge in [0.1, 0.15) is 6.61 Å². The number of nitrogens with zero attached hydrogens (tertiary/aromatic N) is 3. The summed E-state index contributed by atoms with van der Waals surface area (Å²) in [6, 6.07) is 1.43. The number of aromatic nitrogens is 2. The smallest absolute Gasteiger partial charge is 0.248 e. The van der Waals surface area contributed by atoms with Gasteiger partial charge in [-0.1, -0.05) is 11.8 Å². The van der Waals surface area contributed by atoms with Crippen molar-refractivity contribution in [3.8, 4) is 0 Å². The minimum Gasteiger partial charge on any atom is -0.389 e. The number of hydrogen-bond acceptors (Lipinski definition) is 7. The SMILES string of the molecule is COCC(=O)N1CC[C@@H](NC(=O)CSc2nccc(C)n2)[C@H](O)C1. The van der Waals surface area contributed by atoms with Crippen LogP contribution in [0.3, 0.4) is 0 Å². The van der Waals surface area contributed by atoms with Crippen molar-refractivity contribution in [2.24, 2.45) is 0 Å². The molecule has 2 amide bonds. The monoisotopic (exact) mass is 354 g/mol. The van der Waals surface area contributed by atoms with E-state index < -0.39 is 6.10 Å². The molecule has 0 aromatic carbocycles. The Morgan fingerprint density at radius 3 is 3.00 bits per heavy atom. The van der Waals surface area contributed by atoms with Gasteiger partial charge in [0.05, 0.1) is 17.9 Å². The summed E-state index contributed by atoms with van der Waals surface area (Å²) in [4.78, 5) is 33.6. The van der Waals surface area contributed by atoms with Crippen molar-refractivity contribution in [2.45, 2.75) is 30.6 Å². The first-order valence-electron chi connectivity index (χ1n) is 7.66. The molecular weight excluding hydrogens is 332 g/mol. The molecule has 2 N–H and O–H groups in total. The summed E-state index contributed by atoms with van der Waals surface area (Å²) in [5.74, 6) is -0.168. The molecule has 1 fully saturated rings. The lowest BCUT2D eigenvalue weighted by Crippen LogP contribution is -2.56. The van der Waals surface area contributed by atoms with Crippen molar-refractivity contribution in [1.82, 2.24) is 20.2 Å². The van der Waals surface area contributed by atoms with Crippen LogP contribution in [-0.4, -0.2) is 76.5 Å².